The average molecular weight is 299 g/mol. The number of carbonyl (C=O) groups excluding carboxylic acids is 1. The van der Waals surface area contributed by atoms with Gasteiger partial charge in [-0.2, -0.15) is 0 Å². The molecule has 1 aromatic carbocycles. The van der Waals surface area contributed by atoms with Gasteiger partial charge in [-0.1, -0.05) is 0 Å². The number of hydrogen-bond donors (Lipinski definition) is 2. The van der Waals surface area contributed by atoms with Crippen molar-refractivity contribution in [2.24, 2.45) is 0 Å². The second-order valence-electron chi connectivity index (χ2n) is 5.16. The molecule has 3 aromatic rings. The third kappa shape index (κ3) is 2.69. The van der Waals surface area contributed by atoms with Gasteiger partial charge >= 0.3 is 0 Å². The van der Waals surface area contributed by atoms with Crippen LogP contribution >= 0.6 is 11.3 Å². The summed E-state index contributed by atoms with van der Waals surface area (Å²) in [6.45, 7) is 5.95. The number of aromatic amines is 1. The molecule has 0 saturated heterocycles. The molecule has 0 aliphatic rings. The zero-order valence-corrected chi connectivity index (χ0v) is 13.0. The molecule has 21 heavy (non-hydrogen) atoms. The summed E-state index contributed by atoms with van der Waals surface area (Å²) in [6.07, 6.45) is 1.87. The highest BCUT2D eigenvalue weighted by Crippen LogP contribution is 2.25. The number of nitrogens with one attached hydrogen (secondary N) is 2. The predicted molar refractivity (Wildman–Crippen MR) is 85.8 cm³/mol. The van der Waals surface area contributed by atoms with Crippen LogP contribution in [-0.2, 0) is 0 Å². The lowest BCUT2D eigenvalue weighted by Gasteiger charge is -2.13. The number of aryl methyl sites for hydroxylation is 2. The van der Waals surface area contributed by atoms with Crippen LogP contribution in [0.5, 0.6) is 0 Å². The maximum Gasteiger partial charge on any atom is 0.251 e. The summed E-state index contributed by atoms with van der Waals surface area (Å²) in [5.41, 5.74) is 2.70. The largest absolute Gasteiger partial charge is 0.361 e. The molecule has 2 heterocycles. The summed E-state index contributed by atoms with van der Waals surface area (Å²) in [6, 6.07) is 7.60. The van der Waals surface area contributed by atoms with Crippen LogP contribution in [-0.4, -0.2) is 15.9 Å². The molecule has 0 saturated carbocycles. The maximum atomic E-state index is 12.4. The van der Waals surface area contributed by atoms with Gasteiger partial charge in [0.25, 0.3) is 5.91 Å². The van der Waals surface area contributed by atoms with Gasteiger partial charge in [-0.05, 0) is 45.0 Å². The standard InChI is InChI=1S/C16H17N3OS/c1-9-15(21-11(3)18-9)10(2)19-16(20)13-4-5-14-12(8-13)6-7-17-14/h4-8,10,17H,1-3H3,(H,19,20). The molecule has 2 aromatic heterocycles. The number of benzene rings is 1. The second-order valence-corrected chi connectivity index (χ2v) is 6.39. The minimum atomic E-state index is -0.0592. The normalized spacial score (nSPS) is 12.5. The summed E-state index contributed by atoms with van der Waals surface area (Å²) in [7, 11) is 0. The van der Waals surface area contributed by atoms with Gasteiger partial charge < -0.3 is 10.3 Å². The first kappa shape index (κ1) is 13.8. The van der Waals surface area contributed by atoms with Gasteiger partial charge in [-0.25, -0.2) is 4.98 Å². The molecule has 2 N–H and O–H groups in total. The van der Waals surface area contributed by atoms with Crippen molar-refractivity contribution in [2.45, 2.75) is 26.8 Å². The summed E-state index contributed by atoms with van der Waals surface area (Å²) in [5, 5.41) is 5.11. The van der Waals surface area contributed by atoms with Crippen LogP contribution in [0.25, 0.3) is 10.9 Å². The number of hydrogen-bond acceptors (Lipinski definition) is 3. The predicted octanol–water partition coefficient (Wildman–Crippen LogP) is 3.73. The molecule has 0 fully saturated rings. The Morgan fingerprint density at radius 3 is 2.86 bits per heavy atom. The zero-order chi connectivity index (χ0) is 15.0. The highest BCUT2D eigenvalue weighted by Gasteiger charge is 2.16. The maximum absolute atomic E-state index is 12.4. The molecule has 0 aliphatic carbocycles. The number of fused-ring (bicyclic) bond motifs is 1. The monoisotopic (exact) mass is 299 g/mol. The molecular weight excluding hydrogens is 282 g/mol. The summed E-state index contributed by atoms with van der Waals surface area (Å²) >= 11 is 1.63. The lowest BCUT2D eigenvalue weighted by molar-refractivity contribution is 0.0940. The van der Waals surface area contributed by atoms with Gasteiger partial charge in [-0.15, -0.1) is 11.3 Å². The summed E-state index contributed by atoms with van der Waals surface area (Å²) < 4.78 is 0. The van der Waals surface area contributed by atoms with E-state index in [0.29, 0.717) is 5.56 Å². The minimum Gasteiger partial charge on any atom is -0.361 e. The highest BCUT2D eigenvalue weighted by molar-refractivity contribution is 7.11. The van der Waals surface area contributed by atoms with Crippen molar-refractivity contribution in [3.8, 4) is 0 Å². The van der Waals surface area contributed by atoms with E-state index in [-0.39, 0.29) is 11.9 Å². The first-order chi connectivity index (χ1) is 10.0. The van der Waals surface area contributed by atoms with Crippen molar-refractivity contribution < 1.29 is 4.79 Å². The highest BCUT2D eigenvalue weighted by atomic mass is 32.1. The van der Waals surface area contributed by atoms with E-state index in [0.717, 1.165) is 26.5 Å². The molecular formula is C16H17N3OS. The Hall–Kier alpha value is -2.14. The second kappa shape index (κ2) is 5.33. The van der Waals surface area contributed by atoms with Crippen molar-refractivity contribution in [3.63, 3.8) is 0 Å². The van der Waals surface area contributed by atoms with E-state index in [2.05, 4.69) is 15.3 Å². The molecule has 108 valence electrons. The van der Waals surface area contributed by atoms with Gasteiger partial charge in [0.2, 0.25) is 0 Å². The first-order valence-electron chi connectivity index (χ1n) is 6.86. The summed E-state index contributed by atoms with van der Waals surface area (Å²) in [4.78, 5) is 21.0. The van der Waals surface area contributed by atoms with Gasteiger partial charge in [0.1, 0.15) is 0 Å². The Balaban J connectivity index is 1.80. The Bertz CT molecular complexity index is 803. The van der Waals surface area contributed by atoms with E-state index in [4.69, 9.17) is 0 Å². The average Bonchev–Trinajstić information content (AvgIpc) is 3.03. The fourth-order valence-electron chi connectivity index (χ4n) is 2.49. The van der Waals surface area contributed by atoms with E-state index >= 15 is 0 Å². The van der Waals surface area contributed by atoms with Gasteiger partial charge in [0, 0.05) is 27.5 Å². The number of nitrogens with zero attached hydrogens (tertiary/aromatic N) is 1. The van der Waals surface area contributed by atoms with E-state index in [1.807, 2.05) is 51.2 Å². The Morgan fingerprint density at radius 1 is 1.33 bits per heavy atom. The van der Waals surface area contributed by atoms with Crippen LogP contribution in [0.1, 0.15) is 38.9 Å². The van der Waals surface area contributed by atoms with Crippen LogP contribution in [0.15, 0.2) is 30.5 Å². The molecule has 5 heteroatoms. The van der Waals surface area contributed by atoms with Crippen LogP contribution in [0.3, 0.4) is 0 Å². The van der Waals surface area contributed by atoms with Crippen LogP contribution in [0.2, 0.25) is 0 Å². The molecule has 0 bridgehead atoms. The van der Waals surface area contributed by atoms with Gasteiger partial charge in [0.05, 0.1) is 16.7 Å². The van der Waals surface area contributed by atoms with Crippen molar-refractivity contribution in [3.05, 3.63) is 51.6 Å². The quantitative estimate of drug-likeness (QED) is 0.774. The van der Waals surface area contributed by atoms with Gasteiger partial charge in [0.15, 0.2) is 0 Å². The minimum absolute atomic E-state index is 0.0365. The van der Waals surface area contributed by atoms with Crippen molar-refractivity contribution in [2.75, 3.05) is 0 Å². The molecule has 1 unspecified atom stereocenters. The number of carbonyl (C=O) groups is 1. The Labute approximate surface area is 127 Å². The molecule has 1 atom stereocenters. The lowest BCUT2D eigenvalue weighted by atomic mass is 10.1. The van der Waals surface area contributed by atoms with Crippen molar-refractivity contribution in [1.29, 1.82) is 0 Å². The third-order valence-electron chi connectivity index (χ3n) is 3.50. The molecule has 0 radical (unpaired) electrons. The summed E-state index contributed by atoms with van der Waals surface area (Å²) in [5.74, 6) is -0.0592. The Morgan fingerprint density at radius 2 is 2.14 bits per heavy atom. The van der Waals surface area contributed by atoms with Crippen molar-refractivity contribution in [1.82, 2.24) is 15.3 Å². The Kier molecular flexibility index (Phi) is 3.51. The zero-order valence-electron chi connectivity index (χ0n) is 12.2. The topological polar surface area (TPSA) is 57.8 Å². The number of aromatic nitrogens is 2. The number of thiazole rings is 1. The lowest BCUT2D eigenvalue weighted by Crippen LogP contribution is -2.26. The molecule has 4 nitrogen and oxygen atoms in total. The van der Waals surface area contributed by atoms with E-state index in [1.165, 1.54) is 0 Å². The van der Waals surface area contributed by atoms with Gasteiger partial charge in [-0.3, -0.25) is 4.79 Å². The van der Waals surface area contributed by atoms with E-state index in [9.17, 15) is 4.79 Å². The van der Waals surface area contributed by atoms with Crippen molar-refractivity contribution >= 4 is 28.1 Å². The van der Waals surface area contributed by atoms with Crippen LogP contribution in [0, 0.1) is 13.8 Å². The van der Waals surface area contributed by atoms with Crippen LogP contribution < -0.4 is 5.32 Å². The number of rotatable bonds is 3. The molecule has 3 rings (SSSR count). The van der Waals surface area contributed by atoms with E-state index < -0.39 is 0 Å². The first-order valence-corrected chi connectivity index (χ1v) is 7.68. The molecule has 0 spiro atoms. The molecule has 0 aliphatic heterocycles. The number of amides is 1. The smallest absolute Gasteiger partial charge is 0.251 e. The molecule has 1 amide bonds. The van der Waals surface area contributed by atoms with Crippen LogP contribution in [0.4, 0.5) is 0 Å². The van der Waals surface area contributed by atoms with E-state index in [1.54, 1.807) is 11.3 Å². The fraction of sp³-hybridized carbons (Fsp3) is 0.250. The SMILES string of the molecule is Cc1nc(C)c(C(C)NC(=O)c2ccc3[nH]ccc3c2)s1. The third-order valence-corrected chi connectivity index (χ3v) is 4.75. The fourth-order valence-corrected chi connectivity index (χ4v) is 3.42. The number of H-pyrrole nitrogens is 1.